The first-order valence-corrected chi connectivity index (χ1v) is 8.69. The standard InChI is InChI=1S/C21H28N2O/c1-16(2)20(23-19-12-8-5-9-13-19)15-22-21(24)14-17(3)18-10-6-4-7-11-18/h4-13,16-17,20,23H,14-15H2,1-3H3,(H,22,24). The lowest BCUT2D eigenvalue weighted by Crippen LogP contribution is -2.39. The highest BCUT2D eigenvalue weighted by atomic mass is 16.1. The van der Waals surface area contributed by atoms with Crippen LogP contribution < -0.4 is 10.6 Å². The smallest absolute Gasteiger partial charge is 0.220 e. The second-order valence-electron chi connectivity index (χ2n) is 6.68. The van der Waals surface area contributed by atoms with Crippen LogP contribution in [0.2, 0.25) is 0 Å². The Balaban J connectivity index is 1.84. The van der Waals surface area contributed by atoms with E-state index in [-0.39, 0.29) is 17.9 Å². The van der Waals surface area contributed by atoms with Crippen LogP contribution in [0, 0.1) is 5.92 Å². The van der Waals surface area contributed by atoms with Gasteiger partial charge in [0.1, 0.15) is 0 Å². The number of nitrogens with one attached hydrogen (secondary N) is 2. The monoisotopic (exact) mass is 324 g/mol. The normalized spacial score (nSPS) is 13.3. The molecule has 2 aromatic carbocycles. The van der Waals surface area contributed by atoms with Gasteiger partial charge in [-0.25, -0.2) is 0 Å². The molecule has 2 aromatic rings. The van der Waals surface area contributed by atoms with Gasteiger partial charge in [0.25, 0.3) is 0 Å². The van der Waals surface area contributed by atoms with Gasteiger partial charge in [0, 0.05) is 24.7 Å². The van der Waals surface area contributed by atoms with E-state index in [1.165, 1.54) is 5.56 Å². The van der Waals surface area contributed by atoms with Crippen LogP contribution in [0.15, 0.2) is 60.7 Å². The van der Waals surface area contributed by atoms with E-state index >= 15 is 0 Å². The van der Waals surface area contributed by atoms with Crippen molar-refractivity contribution in [2.24, 2.45) is 5.92 Å². The lowest BCUT2D eigenvalue weighted by Gasteiger charge is -2.24. The lowest BCUT2D eigenvalue weighted by molar-refractivity contribution is -0.121. The third kappa shape index (κ3) is 5.73. The molecule has 24 heavy (non-hydrogen) atoms. The average Bonchev–Trinajstić information content (AvgIpc) is 2.60. The highest BCUT2D eigenvalue weighted by molar-refractivity contribution is 5.76. The van der Waals surface area contributed by atoms with Gasteiger partial charge in [0.05, 0.1) is 0 Å². The summed E-state index contributed by atoms with van der Waals surface area (Å²) in [5, 5.41) is 6.59. The molecule has 0 fully saturated rings. The van der Waals surface area contributed by atoms with Gasteiger partial charge in [0.2, 0.25) is 5.91 Å². The van der Waals surface area contributed by atoms with Crippen LogP contribution in [-0.2, 0) is 4.79 Å². The van der Waals surface area contributed by atoms with Crippen LogP contribution in [0.1, 0.15) is 38.7 Å². The minimum Gasteiger partial charge on any atom is -0.380 e. The van der Waals surface area contributed by atoms with Crippen molar-refractivity contribution in [3.63, 3.8) is 0 Å². The summed E-state index contributed by atoms with van der Waals surface area (Å²) in [6, 6.07) is 20.5. The van der Waals surface area contributed by atoms with Gasteiger partial charge >= 0.3 is 0 Å². The Morgan fingerprint density at radius 2 is 1.50 bits per heavy atom. The molecule has 3 heteroatoms. The quantitative estimate of drug-likeness (QED) is 0.754. The van der Waals surface area contributed by atoms with Crippen molar-refractivity contribution in [3.8, 4) is 0 Å². The Bertz CT molecular complexity index is 610. The van der Waals surface area contributed by atoms with Gasteiger partial charge in [-0.3, -0.25) is 4.79 Å². The van der Waals surface area contributed by atoms with Crippen LogP contribution in [0.25, 0.3) is 0 Å². The molecule has 0 spiro atoms. The molecule has 0 bridgehead atoms. The zero-order valence-corrected chi connectivity index (χ0v) is 14.8. The zero-order valence-electron chi connectivity index (χ0n) is 14.8. The van der Waals surface area contributed by atoms with Crippen LogP contribution >= 0.6 is 0 Å². The predicted octanol–water partition coefficient (Wildman–Crippen LogP) is 4.43. The molecular weight excluding hydrogens is 296 g/mol. The minimum absolute atomic E-state index is 0.104. The van der Waals surface area contributed by atoms with Crippen molar-refractivity contribution in [3.05, 3.63) is 66.2 Å². The summed E-state index contributed by atoms with van der Waals surface area (Å²) in [5.41, 5.74) is 2.29. The van der Waals surface area contributed by atoms with Crippen LogP contribution in [0.4, 0.5) is 5.69 Å². The molecule has 0 saturated carbocycles. The maximum atomic E-state index is 12.3. The maximum Gasteiger partial charge on any atom is 0.220 e. The van der Waals surface area contributed by atoms with E-state index in [9.17, 15) is 4.79 Å². The van der Waals surface area contributed by atoms with Gasteiger partial charge in [-0.05, 0) is 29.5 Å². The number of anilines is 1. The molecule has 0 aliphatic carbocycles. The van der Waals surface area contributed by atoms with E-state index in [0.717, 1.165) is 5.69 Å². The summed E-state index contributed by atoms with van der Waals surface area (Å²) in [6.45, 7) is 7.06. The molecular formula is C21H28N2O. The number of benzene rings is 2. The number of para-hydroxylation sites is 1. The summed E-state index contributed by atoms with van der Waals surface area (Å²) in [6.07, 6.45) is 0.514. The van der Waals surface area contributed by atoms with Crippen LogP contribution in [-0.4, -0.2) is 18.5 Å². The molecule has 0 radical (unpaired) electrons. The van der Waals surface area contributed by atoms with Crippen molar-refractivity contribution in [2.45, 2.75) is 39.2 Å². The average molecular weight is 324 g/mol. The SMILES string of the molecule is CC(CC(=O)NCC(Nc1ccccc1)C(C)C)c1ccccc1. The molecule has 0 aliphatic rings. The summed E-state index contributed by atoms with van der Waals surface area (Å²) < 4.78 is 0. The van der Waals surface area contributed by atoms with Crippen molar-refractivity contribution < 1.29 is 4.79 Å². The number of amides is 1. The van der Waals surface area contributed by atoms with E-state index in [1.807, 2.05) is 36.4 Å². The predicted molar refractivity (Wildman–Crippen MR) is 101 cm³/mol. The number of hydrogen-bond donors (Lipinski definition) is 2. The molecule has 0 aliphatic heterocycles. The molecule has 3 nitrogen and oxygen atoms in total. The fourth-order valence-electron chi connectivity index (χ4n) is 2.68. The summed E-state index contributed by atoms with van der Waals surface area (Å²) in [4.78, 5) is 12.3. The highest BCUT2D eigenvalue weighted by Crippen LogP contribution is 2.18. The van der Waals surface area contributed by atoms with Crippen molar-refractivity contribution in [1.82, 2.24) is 5.32 Å². The van der Waals surface area contributed by atoms with Gasteiger partial charge in [-0.15, -0.1) is 0 Å². The Hall–Kier alpha value is -2.29. The molecule has 2 atom stereocenters. The third-order valence-electron chi connectivity index (χ3n) is 4.31. The fraction of sp³-hybridized carbons (Fsp3) is 0.381. The Kier molecular flexibility index (Phi) is 6.86. The van der Waals surface area contributed by atoms with E-state index in [4.69, 9.17) is 0 Å². The number of hydrogen-bond acceptors (Lipinski definition) is 2. The van der Waals surface area contributed by atoms with Gasteiger partial charge in [0.15, 0.2) is 0 Å². The van der Waals surface area contributed by atoms with E-state index in [1.54, 1.807) is 0 Å². The highest BCUT2D eigenvalue weighted by Gasteiger charge is 2.16. The van der Waals surface area contributed by atoms with Crippen molar-refractivity contribution in [1.29, 1.82) is 0 Å². The van der Waals surface area contributed by atoms with Crippen molar-refractivity contribution >= 4 is 11.6 Å². The molecule has 128 valence electrons. The number of rotatable bonds is 8. The topological polar surface area (TPSA) is 41.1 Å². The largest absolute Gasteiger partial charge is 0.380 e. The van der Waals surface area contributed by atoms with Crippen molar-refractivity contribution in [2.75, 3.05) is 11.9 Å². The molecule has 0 heterocycles. The van der Waals surface area contributed by atoms with E-state index in [0.29, 0.717) is 18.9 Å². The molecule has 2 rings (SSSR count). The number of carbonyl (C=O) groups excluding carboxylic acids is 1. The van der Waals surface area contributed by atoms with Gasteiger partial charge in [-0.1, -0.05) is 69.3 Å². The molecule has 0 saturated heterocycles. The van der Waals surface area contributed by atoms with E-state index < -0.39 is 0 Å². The first-order chi connectivity index (χ1) is 11.6. The molecule has 2 N–H and O–H groups in total. The second-order valence-corrected chi connectivity index (χ2v) is 6.68. The Morgan fingerprint density at radius 1 is 0.917 bits per heavy atom. The third-order valence-corrected chi connectivity index (χ3v) is 4.31. The molecule has 0 aromatic heterocycles. The summed E-state index contributed by atoms with van der Waals surface area (Å²) in [5.74, 6) is 0.759. The Morgan fingerprint density at radius 3 is 2.08 bits per heavy atom. The minimum atomic E-state index is 0.104. The first kappa shape index (κ1) is 18.1. The van der Waals surface area contributed by atoms with Gasteiger partial charge < -0.3 is 10.6 Å². The second kappa shape index (κ2) is 9.11. The molecule has 1 amide bonds. The summed E-state index contributed by atoms with van der Waals surface area (Å²) in [7, 11) is 0. The van der Waals surface area contributed by atoms with E-state index in [2.05, 4.69) is 55.7 Å². The first-order valence-electron chi connectivity index (χ1n) is 8.69. The maximum absolute atomic E-state index is 12.3. The van der Waals surface area contributed by atoms with Crippen LogP contribution in [0.3, 0.4) is 0 Å². The molecule has 2 unspecified atom stereocenters. The Labute approximate surface area is 145 Å². The lowest BCUT2D eigenvalue weighted by atomic mass is 9.97. The number of carbonyl (C=O) groups is 1. The van der Waals surface area contributed by atoms with Gasteiger partial charge in [-0.2, -0.15) is 0 Å². The fourth-order valence-corrected chi connectivity index (χ4v) is 2.68. The zero-order chi connectivity index (χ0) is 17.4. The summed E-state index contributed by atoms with van der Waals surface area (Å²) >= 11 is 0. The van der Waals surface area contributed by atoms with Crippen LogP contribution in [0.5, 0.6) is 0 Å².